The smallest absolute Gasteiger partial charge is 0.261 e. The van der Waals surface area contributed by atoms with Gasteiger partial charge in [0.2, 0.25) is 0 Å². The lowest BCUT2D eigenvalue weighted by molar-refractivity contribution is 0.102. The Kier molecular flexibility index (Phi) is 7.86. The summed E-state index contributed by atoms with van der Waals surface area (Å²) in [5.74, 6) is -0.765. The van der Waals surface area contributed by atoms with Crippen LogP contribution in [0.4, 0.5) is 17.1 Å². The molecular formula is C27H24ClN3O6S2. The first-order valence-corrected chi connectivity index (χ1v) is 14.8. The minimum Gasteiger partial charge on any atom is -0.506 e. The molecule has 0 bridgehead atoms. The van der Waals surface area contributed by atoms with E-state index in [0.29, 0.717) is 10.6 Å². The summed E-state index contributed by atoms with van der Waals surface area (Å²) in [6.45, 7) is 3.54. The van der Waals surface area contributed by atoms with Gasteiger partial charge in [0.15, 0.2) is 0 Å². The number of carbonyl (C=O) groups excluding carboxylic acids is 1. The van der Waals surface area contributed by atoms with Crippen LogP contribution in [0.5, 0.6) is 5.75 Å². The number of rotatable bonds is 8. The number of hydrogen-bond donors (Lipinski definition) is 4. The van der Waals surface area contributed by atoms with Gasteiger partial charge in [-0.15, -0.1) is 0 Å². The second-order valence-electron chi connectivity index (χ2n) is 8.71. The van der Waals surface area contributed by atoms with Gasteiger partial charge in [0.05, 0.1) is 21.2 Å². The summed E-state index contributed by atoms with van der Waals surface area (Å²) in [4.78, 5) is 12.6. The molecule has 202 valence electrons. The van der Waals surface area contributed by atoms with E-state index in [9.17, 15) is 26.7 Å². The molecule has 0 radical (unpaired) electrons. The quantitative estimate of drug-likeness (QED) is 0.201. The van der Waals surface area contributed by atoms with Crippen molar-refractivity contribution in [1.82, 2.24) is 0 Å². The van der Waals surface area contributed by atoms with E-state index < -0.39 is 26.0 Å². The average Bonchev–Trinajstić information content (AvgIpc) is 2.87. The Morgan fingerprint density at radius 2 is 1.33 bits per heavy atom. The van der Waals surface area contributed by atoms with E-state index in [2.05, 4.69) is 14.8 Å². The van der Waals surface area contributed by atoms with Crippen molar-refractivity contribution in [1.29, 1.82) is 0 Å². The van der Waals surface area contributed by atoms with E-state index in [1.54, 1.807) is 19.1 Å². The van der Waals surface area contributed by atoms with E-state index in [1.807, 2.05) is 6.92 Å². The largest absolute Gasteiger partial charge is 0.506 e. The third-order valence-electron chi connectivity index (χ3n) is 5.63. The lowest BCUT2D eigenvalue weighted by Gasteiger charge is -2.13. The number of aryl methyl sites for hydroxylation is 2. The summed E-state index contributed by atoms with van der Waals surface area (Å²) < 4.78 is 56.4. The van der Waals surface area contributed by atoms with Crippen molar-refractivity contribution in [2.75, 3.05) is 14.8 Å². The van der Waals surface area contributed by atoms with Gasteiger partial charge in [-0.2, -0.15) is 0 Å². The fourth-order valence-corrected chi connectivity index (χ4v) is 5.87. The number of halogens is 1. The number of carbonyl (C=O) groups is 1. The Bertz CT molecular complexity index is 1770. The predicted molar refractivity (Wildman–Crippen MR) is 151 cm³/mol. The molecule has 0 spiro atoms. The normalized spacial score (nSPS) is 11.6. The van der Waals surface area contributed by atoms with Crippen molar-refractivity contribution in [2.24, 2.45) is 0 Å². The standard InChI is InChI=1S/C27H24ClN3O6S2/c1-17-9-11-22(12-10-17)38(34,35)31-21-7-4-8-23(15-21)39(36,37)30-20-6-3-5-19(14-20)27(33)29-25-16-24(28)18(2)13-26(25)32/h3-16,30-32H,1-2H3,(H,29,33). The molecule has 0 aliphatic heterocycles. The molecule has 39 heavy (non-hydrogen) atoms. The topological polar surface area (TPSA) is 142 Å². The SMILES string of the molecule is Cc1ccc(S(=O)(=O)Nc2cccc(S(=O)(=O)Nc3cccc(C(=O)Nc4cc(Cl)c(C)cc4O)c3)c2)cc1. The van der Waals surface area contributed by atoms with E-state index in [1.165, 1.54) is 72.8 Å². The first-order chi connectivity index (χ1) is 18.3. The molecule has 9 nitrogen and oxygen atoms in total. The number of nitrogens with one attached hydrogen (secondary N) is 3. The molecule has 0 aliphatic carbocycles. The fourth-order valence-electron chi connectivity index (χ4n) is 3.56. The molecule has 0 aliphatic rings. The zero-order valence-electron chi connectivity index (χ0n) is 20.8. The summed E-state index contributed by atoms with van der Waals surface area (Å²) in [6, 6.07) is 20.1. The first kappa shape index (κ1) is 28.0. The number of phenolic OH excluding ortho intramolecular Hbond substituents is 1. The highest BCUT2D eigenvalue weighted by Crippen LogP contribution is 2.30. The second-order valence-corrected chi connectivity index (χ2v) is 12.5. The van der Waals surface area contributed by atoms with Gasteiger partial charge in [0, 0.05) is 16.3 Å². The van der Waals surface area contributed by atoms with Crippen LogP contribution in [0.25, 0.3) is 0 Å². The van der Waals surface area contributed by atoms with Gasteiger partial charge < -0.3 is 10.4 Å². The molecule has 0 saturated carbocycles. The molecule has 0 saturated heterocycles. The van der Waals surface area contributed by atoms with Gasteiger partial charge >= 0.3 is 0 Å². The van der Waals surface area contributed by atoms with Gasteiger partial charge in [-0.05, 0) is 80.1 Å². The van der Waals surface area contributed by atoms with Crippen LogP contribution in [0, 0.1) is 13.8 Å². The molecule has 0 heterocycles. The van der Waals surface area contributed by atoms with Crippen molar-refractivity contribution >= 4 is 54.6 Å². The van der Waals surface area contributed by atoms with Gasteiger partial charge in [-0.1, -0.05) is 41.4 Å². The van der Waals surface area contributed by atoms with Crippen molar-refractivity contribution < 1.29 is 26.7 Å². The third kappa shape index (κ3) is 6.69. The average molecular weight is 586 g/mol. The first-order valence-electron chi connectivity index (χ1n) is 11.5. The van der Waals surface area contributed by atoms with Gasteiger partial charge in [0.25, 0.3) is 26.0 Å². The van der Waals surface area contributed by atoms with Gasteiger partial charge in [-0.25, -0.2) is 16.8 Å². The van der Waals surface area contributed by atoms with Crippen molar-refractivity contribution in [2.45, 2.75) is 23.6 Å². The fraction of sp³-hybridized carbons (Fsp3) is 0.0741. The molecule has 1 amide bonds. The molecule has 0 unspecified atom stereocenters. The second kappa shape index (κ2) is 11.0. The Morgan fingerprint density at radius 3 is 2.00 bits per heavy atom. The number of hydrogen-bond acceptors (Lipinski definition) is 6. The van der Waals surface area contributed by atoms with Crippen LogP contribution in [0.1, 0.15) is 21.5 Å². The van der Waals surface area contributed by atoms with Crippen LogP contribution >= 0.6 is 11.6 Å². The maximum Gasteiger partial charge on any atom is 0.261 e. The number of aromatic hydroxyl groups is 1. The molecule has 4 rings (SSSR count). The molecule has 0 fully saturated rings. The lowest BCUT2D eigenvalue weighted by Crippen LogP contribution is -2.16. The number of benzene rings is 4. The zero-order valence-corrected chi connectivity index (χ0v) is 23.2. The van der Waals surface area contributed by atoms with Crippen LogP contribution in [0.2, 0.25) is 5.02 Å². The Balaban J connectivity index is 1.52. The summed E-state index contributed by atoms with van der Waals surface area (Å²) in [5, 5.41) is 13.0. The van der Waals surface area contributed by atoms with Crippen LogP contribution in [0.15, 0.2) is 94.7 Å². The molecule has 4 aromatic carbocycles. The maximum atomic E-state index is 13.1. The number of amides is 1. The number of sulfonamides is 2. The van der Waals surface area contributed by atoms with Gasteiger partial charge in [-0.3, -0.25) is 14.2 Å². The van der Waals surface area contributed by atoms with Gasteiger partial charge in [0.1, 0.15) is 5.75 Å². The highest BCUT2D eigenvalue weighted by molar-refractivity contribution is 7.93. The predicted octanol–water partition coefficient (Wildman–Crippen LogP) is 5.52. The highest BCUT2D eigenvalue weighted by atomic mass is 35.5. The van der Waals surface area contributed by atoms with Crippen molar-refractivity contribution in [3.63, 3.8) is 0 Å². The Morgan fingerprint density at radius 1 is 0.744 bits per heavy atom. The molecule has 4 aromatic rings. The Labute approximate surface area is 231 Å². The molecule has 4 N–H and O–H groups in total. The van der Waals surface area contributed by atoms with E-state index >= 15 is 0 Å². The van der Waals surface area contributed by atoms with Crippen molar-refractivity contribution in [3.8, 4) is 5.75 Å². The van der Waals surface area contributed by atoms with E-state index in [0.717, 1.165) is 5.56 Å². The van der Waals surface area contributed by atoms with E-state index in [4.69, 9.17) is 11.6 Å². The van der Waals surface area contributed by atoms with Crippen LogP contribution < -0.4 is 14.8 Å². The van der Waals surface area contributed by atoms with Crippen LogP contribution in [-0.4, -0.2) is 27.8 Å². The summed E-state index contributed by atoms with van der Waals surface area (Å²) >= 11 is 6.08. The summed E-state index contributed by atoms with van der Waals surface area (Å²) in [6.07, 6.45) is 0. The highest BCUT2D eigenvalue weighted by Gasteiger charge is 2.19. The third-order valence-corrected chi connectivity index (χ3v) is 8.81. The Hall–Kier alpha value is -4.06. The molecule has 0 aromatic heterocycles. The number of anilines is 3. The van der Waals surface area contributed by atoms with Crippen LogP contribution in [-0.2, 0) is 20.0 Å². The summed E-state index contributed by atoms with van der Waals surface area (Å²) in [5.41, 5.74) is 1.91. The van der Waals surface area contributed by atoms with Crippen molar-refractivity contribution in [3.05, 3.63) is 107 Å². The molecular weight excluding hydrogens is 562 g/mol. The minimum absolute atomic E-state index is 0.0378. The maximum absolute atomic E-state index is 13.1. The zero-order chi connectivity index (χ0) is 28.4. The van der Waals surface area contributed by atoms with E-state index in [-0.39, 0.29) is 38.2 Å². The lowest BCUT2D eigenvalue weighted by atomic mass is 10.1. The number of phenols is 1. The van der Waals surface area contributed by atoms with Crippen LogP contribution in [0.3, 0.4) is 0 Å². The monoisotopic (exact) mass is 585 g/mol. The minimum atomic E-state index is -4.15. The molecule has 12 heteroatoms. The summed E-state index contributed by atoms with van der Waals surface area (Å²) in [7, 11) is -8.09. The molecule has 0 atom stereocenters.